The van der Waals surface area contributed by atoms with Crippen LogP contribution in [0.2, 0.25) is 5.02 Å². The molecule has 4 rings (SSSR count). The Morgan fingerprint density at radius 3 is 2.53 bits per heavy atom. The fourth-order valence-electron chi connectivity index (χ4n) is 4.44. The lowest BCUT2D eigenvalue weighted by Gasteiger charge is -2.29. The largest absolute Gasteiger partial charge is 0.497 e. The first-order chi connectivity index (χ1) is 15.6. The molecule has 32 heavy (non-hydrogen) atoms. The molecule has 0 aromatic heterocycles. The Kier molecular flexibility index (Phi) is 7.29. The van der Waals surface area contributed by atoms with Crippen LogP contribution in [-0.4, -0.2) is 48.5 Å². The monoisotopic (exact) mass is 456 g/mol. The van der Waals surface area contributed by atoms with E-state index in [0.717, 1.165) is 42.9 Å². The van der Waals surface area contributed by atoms with E-state index in [-0.39, 0.29) is 24.5 Å². The summed E-state index contributed by atoms with van der Waals surface area (Å²) in [5, 5.41) is 18.9. The van der Waals surface area contributed by atoms with Gasteiger partial charge in [0, 0.05) is 25.6 Å². The topological polar surface area (TPSA) is 77.4 Å². The number of carbonyl (C=O) groups excluding carboxylic acids is 1. The minimum Gasteiger partial charge on any atom is -0.497 e. The lowest BCUT2D eigenvalue weighted by atomic mass is 9.87. The Morgan fingerprint density at radius 1 is 1.16 bits per heavy atom. The van der Waals surface area contributed by atoms with Crippen LogP contribution >= 0.6 is 11.6 Å². The number of amides is 1. The van der Waals surface area contributed by atoms with Crippen molar-refractivity contribution in [1.82, 2.24) is 10.4 Å². The van der Waals surface area contributed by atoms with Crippen molar-refractivity contribution < 1.29 is 14.6 Å². The number of anilines is 1. The molecule has 0 bridgehead atoms. The fraction of sp³-hybridized carbons (Fsp3) is 0.417. The number of carbonyl (C=O) groups is 1. The molecule has 7 nitrogen and oxygen atoms in total. The number of methoxy groups -OCH3 is 1. The van der Waals surface area contributed by atoms with Gasteiger partial charge in [-0.1, -0.05) is 42.3 Å². The van der Waals surface area contributed by atoms with Crippen LogP contribution in [0.4, 0.5) is 5.69 Å². The number of ether oxygens (including phenoxy) is 1. The van der Waals surface area contributed by atoms with Crippen LogP contribution in [0.25, 0.3) is 0 Å². The summed E-state index contributed by atoms with van der Waals surface area (Å²) in [6.45, 7) is 1.61. The van der Waals surface area contributed by atoms with Crippen LogP contribution in [0.5, 0.6) is 5.75 Å². The molecule has 1 fully saturated rings. The number of aliphatic hydroxyl groups excluding tert-OH is 1. The Hall–Kier alpha value is -2.61. The number of rotatable bonds is 7. The first-order valence-corrected chi connectivity index (χ1v) is 11.4. The van der Waals surface area contributed by atoms with Crippen LogP contribution < -0.4 is 15.2 Å². The van der Waals surface area contributed by atoms with Crippen molar-refractivity contribution in [3.63, 3.8) is 0 Å². The van der Waals surface area contributed by atoms with Gasteiger partial charge in [-0.05, 0) is 49.1 Å². The molecule has 2 unspecified atom stereocenters. The number of nitrogens with zero attached hydrogens (tertiary/aromatic N) is 3. The first kappa shape index (κ1) is 22.6. The molecule has 0 aliphatic carbocycles. The summed E-state index contributed by atoms with van der Waals surface area (Å²) in [6, 6.07) is 14.9. The van der Waals surface area contributed by atoms with Gasteiger partial charge in [-0.25, -0.2) is 5.01 Å². The summed E-state index contributed by atoms with van der Waals surface area (Å²) in [6.07, 6.45) is 3.71. The Labute approximate surface area is 193 Å². The highest BCUT2D eigenvalue weighted by Gasteiger charge is 2.42. The van der Waals surface area contributed by atoms with E-state index in [1.807, 2.05) is 58.5 Å². The zero-order chi connectivity index (χ0) is 22.5. The minimum absolute atomic E-state index is 0.0519. The molecule has 0 radical (unpaired) electrons. The van der Waals surface area contributed by atoms with Gasteiger partial charge < -0.3 is 9.84 Å². The molecular weight excluding hydrogens is 428 g/mol. The van der Waals surface area contributed by atoms with E-state index in [1.165, 1.54) is 6.42 Å². The molecule has 2 aromatic carbocycles. The number of halogens is 1. The quantitative estimate of drug-likeness (QED) is 0.663. The molecule has 2 aliphatic rings. The number of benzene rings is 2. The van der Waals surface area contributed by atoms with Gasteiger partial charge in [0.2, 0.25) is 0 Å². The van der Waals surface area contributed by atoms with Gasteiger partial charge in [0.05, 0.1) is 23.9 Å². The SMILES string of the molecule is COc1ccc(C2C(CCO)C(C(=O)NN3CCCCC3)=NN2c2ccccc2Cl)cc1. The average Bonchev–Trinajstić information content (AvgIpc) is 3.19. The normalized spacial score (nSPS) is 21.3. The van der Waals surface area contributed by atoms with Crippen molar-refractivity contribution in [3.8, 4) is 5.75 Å². The highest BCUT2D eigenvalue weighted by atomic mass is 35.5. The highest BCUT2D eigenvalue weighted by molar-refractivity contribution is 6.40. The molecule has 2 N–H and O–H groups in total. The molecule has 1 amide bonds. The van der Waals surface area contributed by atoms with Crippen molar-refractivity contribution in [1.29, 1.82) is 0 Å². The maximum atomic E-state index is 13.3. The molecular formula is C24H29ClN4O3. The third kappa shape index (κ3) is 4.75. The number of piperidine rings is 1. The number of nitrogens with one attached hydrogen (secondary N) is 1. The van der Waals surface area contributed by atoms with Crippen molar-refractivity contribution >= 4 is 28.9 Å². The average molecular weight is 457 g/mol. The molecule has 2 aliphatic heterocycles. The second-order valence-corrected chi connectivity index (χ2v) is 8.51. The van der Waals surface area contributed by atoms with E-state index in [0.29, 0.717) is 17.2 Å². The van der Waals surface area contributed by atoms with E-state index in [2.05, 4.69) is 5.43 Å². The van der Waals surface area contributed by atoms with Gasteiger partial charge in [-0.15, -0.1) is 0 Å². The number of hydrazone groups is 1. The fourth-order valence-corrected chi connectivity index (χ4v) is 4.66. The Bertz CT molecular complexity index is 960. The number of hydrogen-bond acceptors (Lipinski definition) is 6. The van der Waals surface area contributed by atoms with Gasteiger partial charge >= 0.3 is 0 Å². The van der Waals surface area contributed by atoms with E-state index >= 15 is 0 Å². The van der Waals surface area contributed by atoms with Crippen LogP contribution in [0.1, 0.15) is 37.3 Å². The zero-order valence-electron chi connectivity index (χ0n) is 18.2. The van der Waals surface area contributed by atoms with Gasteiger partial charge in [0.15, 0.2) is 0 Å². The summed E-state index contributed by atoms with van der Waals surface area (Å²) < 4.78 is 5.31. The molecule has 0 saturated carbocycles. The lowest BCUT2D eigenvalue weighted by Crippen LogP contribution is -2.48. The molecule has 170 valence electrons. The van der Waals surface area contributed by atoms with Crippen LogP contribution in [-0.2, 0) is 4.79 Å². The van der Waals surface area contributed by atoms with Crippen LogP contribution in [0.15, 0.2) is 53.6 Å². The second-order valence-electron chi connectivity index (χ2n) is 8.11. The van der Waals surface area contributed by atoms with Crippen molar-refractivity contribution in [2.24, 2.45) is 11.0 Å². The van der Waals surface area contributed by atoms with E-state index in [4.69, 9.17) is 21.4 Å². The summed E-state index contributed by atoms with van der Waals surface area (Å²) in [5.74, 6) is 0.228. The van der Waals surface area contributed by atoms with Crippen molar-refractivity contribution in [2.75, 3.05) is 31.8 Å². The standard InChI is InChI=1S/C24H29ClN4O3/c1-32-18-11-9-17(10-12-18)23-19(13-16-30)22(24(31)27-28-14-5-2-6-15-28)26-29(23)21-8-4-3-7-20(21)25/h3-4,7-12,19,23,30H,2,5-6,13-16H2,1H3,(H,27,31). The lowest BCUT2D eigenvalue weighted by molar-refractivity contribution is -0.120. The number of aliphatic hydroxyl groups is 1. The van der Waals surface area contributed by atoms with Gasteiger partial charge in [0.1, 0.15) is 11.5 Å². The third-order valence-corrected chi connectivity index (χ3v) is 6.38. The van der Waals surface area contributed by atoms with Gasteiger partial charge in [-0.2, -0.15) is 5.10 Å². The number of hydrogen-bond donors (Lipinski definition) is 2. The number of para-hydroxylation sites is 1. The minimum atomic E-state index is -0.297. The van der Waals surface area contributed by atoms with Crippen molar-refractivity contribution in [2.45, 2.75) is 31.7 Å². The third-order valence-electron chi connectivity index (χ3n) is 6.06. The van der Waals surface area contributed by atoms with Gasteiger partial charge in [-0.3, -0.25) is 15.2 Å². The number of hydrazine groups is 1. The maximum Gasteiger partial charge on any atom is 0.282 e. The maximum absolute atomic E-state index is 13.3. The molecule has 2 aromatic rings. The smallest absolute Gasteiger partial charge is 0.282 e. The molecule has 1 saturated heterocycles. The molecule has 2 heterocycles. The molecule has 2 atom stereocenters. The summed E-state index contributed by atoms with van der Waals surface area (Å²) >= 11 is 6.52. The summed E-state index contributed by atoms with van der Waals surface area (Å²) in [7, 11) is 1.63. The van der Waals surface area contributed by atoms with Crippen molar-refractivity contribution in [3.05, 3.63) is 59.1 Å². The Morgan fingerprint density at radius 2 is 1.88 bits per heavy atom. The molecule has 0 spiro atoms. The predicted molar refractivity (Wildman–Crippen MR) is 126 cm³/mol. The van der Waals surface area contributed by atoms with E-state index in [1.54, 1.807) is 7.11 Å². The predicted octanol–water partition coefficient (Wildman–Crippen LogP) is 3.78. The van der Waals surface area contributed by atoms with Crippen LogP contribution in [0.3, 0.4) is 0 Å². The summed E-state index contributed by atoms with van der Waals surface area (Å²) in [4.78, 5) is 13.3. The highest BCUT2D eigenvalue weighted by Crippen LogP contribution is 2.43. The summed E-state index contributed by atoms with van der Waals surface area (Å²) in [5.41, 5.74) is 5.12. The van der Waals surface area contributed by atoms with E-state index in [9.17, 15) is 9.90 Å². The Balaban J connectivity index is 1.71. The van der Waals surface area contributed by atoms with Gasteiger partial charge in [0.25, 0.3) is 5.91 Å². The molecule has 8 heteroatoms. The van der Waals surface area contributed by atoms with Crippen LogP contribution in [0, 0.1) is 5.92 Å². The zero-order valence-corrected chi connectivity index (χ0v) is 19.0. The second kappa shape index (κ2) is 10.3. The first-order valence-electron chi connectivity index (χ1n) is 11.1. The van der Waals surface area contributed by atoms with E-state index < -0.39 is 0 Å².